The molecule has 4 heteroatoms. The summed E-state index contributed by atoms with van der Waals surface area (Å²) in [6.07, 6.45) is 1.78. The summed E-state index contributed by atoms with van der Waals surface area (Å²) in [5.74, 6) is -1.47. The van der Waals surface area contributed by atoms with Crippen molar-refractivity contribution in [1.82, 2.24) is 0 Å². The third-order valence-electron chi connectivity index (χ3n) is 2.04. The lowest BCUT2D eigenvalue weighted by Gasteiger charge is -2.06. The molecule has 0 bridgehead atoms. The first-order valence-electron chi connectivity index (χ1n) is 5.08. The largest absolute Gasteiger partial charge is 0.422 e. The van der Waals surface area contributed by atoms with Gasteiger partial charge in [-0.3, -0.25) is 4.79 Å². The molecule has 0 aromatic heterocycles. The standard InChI is InChI=1S/C12H12FNO2/c1-2-3-7-11(15)16-12-9(8-14)5-4-6-10(12)13/h4-6H,2-3,7H2,1H3. The van der Waals surface area contributed by atoms with Gasteiger partial charge in [-0.2, -0.15) is 5.26 Å². The number of carbonyl (C=O) groups excluding carboxylic acids is 1. The van der Waals surface area contributed by atoms with Gasteiger partial charge in [-0.1, -0.05) is 19.4 Å². The number of hydrogen-bond donors (Lipinski definition) is 0. The number of ether oxygens (including phenoxy) is 1. The summed E-state index contributed by atoms with van der Waals surface area (Å²) in [6, 6.07) is 5.74. The highest BCUT2D eigenvalue weighted by Gasteiger charge is 2.13. The minimum absolute atomic E-state index is 0.0323. The van der Waals surface area contributed by atoms with Gasteiger partial charge in [0.05, 0.1) is 5.56 Å². The molecule has 0 radical (unpaired) electrons. The van der Waals surface area contributed by atoms with Crippen LogP contribution in [0.5, 0.6) is 5.75 Å². The van der Waals surface area contributed by atoms with Gasteiger partial charge in [-0.15, -0.1) is 0 Å². The number of unbranched alkanes of at least 4 members (excludes halogenated alkanes) is 1. The number of benzene rings is 1. The van der Waals surface area contributed by atoms with E-state index in [4.69, 9.17) is 10.00 Å². The van der Waals surface area contributed by atoms with Crippen LogP contribution in [0, 0.1) is 17.1 Å². The van der Waals surface area contributed by atoms with Crippen molar-refractivity contribution in [2.75, 3.05) is 0 Å². The maximum atomic E-state index is 13.3. The predicted octanol–water partition coefficient (Wildman–Crippen LogP) is 2.79. The van der Waals surface area contributed by atoms with Crippen molar-refractivity contribution >= 4 is 5.97 Å². The molecule has 84 valence electrons. The molecule has 0 amide bonds. The second kappa shape index (κ2) is 5.86. The van der Waals surface area contributed by atoms with Crippen molar-refractivity contribution in [3.63, 3.8) is 0 Å². The molecule has 16 heavy (non-hydrogen) atoms. The molecule has 3 nitrogen and oxygen atoms in total. The Kier molecular flexibility index (Phi) is 4.46. The Morgan fingerprint density at radius 1 is 1.56 bits per heavy atom. The summed E-state index contributed by atoms with van der Waals surface area (Å²) in [5.41, 5.74) is 0.0323. The van der Waals surface area contributed by atoms with E-state index in [1.165, 1.54) is 12.1 Å². The maximum Gasteiger partial charge on any atom is 0.311 e. The lowest BCUT2D eigenvalue weighted by molar-refractivity contribution is -0.134. The first-order chi connectivity index (χ1) is 7.69. The van der Waals surface area contributed by atoms with Crippen LogP contribution in [-0.2, 0) is 4.79 Å². The molecular formula is C12H12FNO2. The minimum Gasteiger partial charge on any atom is -0.422 e. The van der Waals surface area contributed by atoms with E-state index in [1.807, 2.05) is 6.92 Å². The number of para-hydroxylation sites is 1. The number of nitrogens with zero attached hydrogens (tertiary/aromatic N) is 1. The van der Waals surface area contributed by atoms with Gasteiger partial charge in [0, 0.05) is 6.42 Å². The van der Waals surface area contributed by atoms with E-state index in [0.717, 1.165) is 12.5 Å². The Hall–Kier alpha value is -1.89. The van der Waals surface area contributed by atoms with Crippen LogP contribution in [-0.4, -0.2) is 5.97 Å². The van der Waals surface area contributed by atoms with Crippen molar-refractivity contribution in [1.29, 1.82) is 5.26 Å². The highest BCUT2D eigenvalue weighted by Crippen LogP contribution is 2.22. The van der Waals surface area contributed by atoms with Gasteiger partial charge >= 0.3 is 5.97 Å². The van der Waals surface area contributed by atoms with E-state index in [9.17, 15) is 9.18 Å². The van der Waals surface area contributed by atoms with Crippen molar-refractivity contribution in [2.24, 2.45) is 0 Å². The fourth-order valence-electron chi connectivity index (χ4n) is 1.19. The fourth-order valence-corrected chi connectivity index (χ4v) is 1.19. The third kappa shape index (κ3) is 3.06. The van der Waals surface area contributed by atoms with Crippen molar-refractivity contribution < 1.29 is 13.9 Å². The molecule has 1 aromatic carbocycles. The number of rotatable bonds is 4. The fraction of sp³-hybridized carbons (Fsp3) is 0.333. The normalized spacial score (nSPS) is 9.56. The predicted molar refractivity (Wildman–Crippen MR) is 56.3 cm³/mol. The molecule has 1 aromatic rings. The number of halogens is 1. The molecule has 0 N–H and O–H groups in total. The molecule has 0 saturated heterocycles. The summed E-state index contributed by atoms with van der Waals surface area (Å²) in [5, 5.41) is 8.72. The van der Waals surface area contributed by atoms with Crippen LogP contribution in [0.2, 0.25) is 0 Å². The second-order valence-electron chi connectivity index (χ2n) is 3.31. The van der Waals surface area contributed by atoms with E-state index < -0.39 is 11.8 Å². The Labute approximate surface area is 93.5 Å². The van der Waals surface area contributed by atoms with Gasteiger partial charge in [0.2, 0.25) is 0 Å². The topological polar surface area (TPSA) is 50.1 Å². The van der Waals surface area contributed by atoms with E-state index in [1.54, 1.807) is 6.07 Å². The van der Waals surface area contributed by atoms with Gasteiger partial charge in [-0.25, -0.2) is 4.39 Å². The zero-order valence-corrected chi connectivity index (χ0v) is 9.00. The lowest BCUT2D eigenvalue weighted by atomic mass is 10.2. The average molecular weight is 221 g/mol. The molecule has 0 atom stereocenters. The Morgan fingerprint density at radius 3 is 2.94 bits per heavy atom. The van der Waals surface area contributed by atoms with Gasteiger partial charge in [-0.05, 0) is 18.6 Å². The quantitative estimate of drug-likeness (QED) is 0.580. The molecule has 0 aliphatic carbocycles. The molecule has 0 fully saturated rings. The molecule has 0 saturated carbocycles. The van der Waals surface area contributed by atoms with Crippen LogP contribution >= 0.6 is 0 Å². The molecule has 0 aliphatic rings. The van der Waals surface area contributed by atoms with Crippen LogP contribution in [0.15, 0.2) is 18.2 Å². The SMILES string of the molecule is CCCCC(=O)Oc1c(F)cccc1C#N. The van der Waals surface area contributed by atoms with E-state index in [2.05, 4.69) is 0 Å². The smallest absolute Gasteiger partial charge is 0.311 e. The highest BCUT2D eigenvalue weighted by molar-refractivity contribution is 5.73. The molecule has 0 unspecified atom stereocenters. The first kappa shape index (κ1) is 12.2. The monoisotopic (exact) mass is 221 g/mol. The van der Waals surface area contributed by atoms with Gasteiger partial charge in [0.15, 0.2) is 11.6 Å². The second-order valence-corrected chi connectivity index (χ2v) is 3.31. The van der Waals surface area contributed by atoms with E-state index >= 15 is 0 Å². The lowest BCUT2D eigenvalue weighted by Crippen LogP contribution is -2.09. The Balaban J connectivity index is 2.80. The van der Waals surface area contributed by atoms with Crippen LogP contribution in [0.1, 0.15) is 31.7 Å². The summed E-state index contributed by atoms with van der Waals surface area (Å²) in [6.45, 7) is 1.94. The first-order valence-corrected chi connectivity index (χ1v) is 5.08. The number of nitriles is 1. The van der Waals surface area contributed by atoms with E-state index in [0.29, 0.717) is 6.42 Å². The van der Waals surface area contributed by atoms with Crippen molar-refractivity contribution in [3.05, 3.63) is 29.6 Å². The summed E-state index contributed by atoms with van der Waals surface area (Å²) >= 11 is 0. The third-order valence-corrected chi connectivity index (χ3v) is 2.04. The highest BCUT2D eigenvalue weighted by atomic mass is 19.1. The Morgan fingerprint density at radius 2 is 2.31 bits per heavy atom. The summed E-state index contributed by atoms with van der Waals surface area (Å²) in [4.78, 5) is 11.3. The van der Waals surface area contributed by atoms with Gasteiger partial charge in [0.25, 0.3) is 0 Å². The van der Waals surface area contributed by atoms with Crippen LogP contribution in [0.4, 0.5) is 4.39 Å². The number of esters is 1. The molecular weight excluding hydrogens is 209 g/mol. The molecule has 1 rings (SSSR count). The molecule has 0 spiro atoms. The van der Waals surface area contributed by atoms with Crippen molar-refractivity contribution in [2.45, 2.75) is 26.2 Å². The molecule has 0 heterocycles. The number of hydrogen-bond acceptors (Lipinski definition) is 3. The van der Waals surface area contributed by atoms with Crippen LogP contribution in [0.3, 0.4) is 0 Å². The minimum atomic E-state index is -0.691. The maximum absolute atomic E-state index is 13.3. The number of carbonyl (C=O) groups is 1. The molecule has 0 aliphatic heterocycles. The summed E-state index contributed by atoms with van der Waals surface area (Å²) < 4.78 is 18.1. The van der Waals surface area contributed by atoms with Gasteiger partial charge in [0.1, 0.15) is 6.07 Å². The van der Waals surface area contributed by atoms with Crippen LogP contribution < -0.4 is 4.74 Å². The van der Waals surface area contributed by atoms with Crippen molar-refractivity contribution in [3.8, 4) is 11.8 Å². The van der Waals surface area contributed by atoms with Gasteiger partial charge < -0.3 is 4.74 Å². The zero-order valence-electron chi connectivity index (χ0n) is 9.00. The van der Waals surface area contributed by atoms with E-state index in [-0.39, 0.29) is 17.7 Å². The average Bonchev–Trinajstić information content (AvgIpc) is 2.29. The summed E-state index contributed by atoms with van der Waals surface area (Å²) in [7, 11) is 0. The zero-order chi connectivity index (χ0) is 12.0. The Bertz CT molecular complexity index is 424. The van der Waals surface area contributed by atoms with Crippen LogP contribution in [0.25, 0.3) is 0 Å².